The molecule has 1 aliphatic carbocycles. The van der Waals surface area contributed by atoms with Crippen molar-refractivity contribution in [2.75, 3.05) is 5.73 Å². The second kappa shape index (κ2) is 7.38. The summed E-state index contributed by atoms with van der Waals surface area (Å²) in [6.07, 6.45) is 4.89. The average molecular weight is 389 g/mol. The number of benzene rings is 2. The maximum atomic E-state index is 15.2. The largest absolute Gasteiger partial charge is 0.383 e. The summed E-state index contributed by atoms with van der Waals surface area (Å²) in [6, 6.07) is 8.88. The second-order valence-corrected chi connectivity index (χ2v) is 7.98. The molecule has 1 fully saturated rings. The Morgan fingerprint density at radius 1 is 0.889 bits per heavy atom. The lowest BCUT2D eigenvalue weighted by atomic mass is 10.0. The van der Waals surface area contributed by atoms with Crippen molar-refractivity contribution in [3.63, 3.8) is 0 Å². The van der Waals surface area contributed by atoms with Crippen molar-refractivity contribution in [1.29, 1.82) is 0 Å². The van der Waals surface area contributed by atoms with Gasteiger partial charge >= 0.3 is 0 Å². The van der Waals surface area contributed by atoms with Gasteiger partial charge in [0.05, 0.1) is 10.3 Å². The molecule has 0 spiro atoms. The van der Waals surface area contributed by atoms with E-state index in [0.29, 0.717) is 5.56 Å². The lowest BCUT2D eigenvalue weighted by molar-refractivity contribution is 0.474. The smallest absolute Gasteiger partial charge is 0.176 e. The predicted octanol–water partition coefficient (Wildman–Crippen LogP) is 5.72. The van der Waals surface area contributed by atoms with Gasteiger partial charge in [-0.05, 0) is 12.8 Å². The van der Waals surface area contributed by atoms with Crippen molar-refractivity contribution in [2.24, 2.45) is 0 Å². The van der Waals surface area contributed by atoms with Gasteiger partial charge < -0.3 is 5.73 Å². The van der Waals surface area contributed by atoms with Crippen LogP contribution in [0.5, 0.6) is 0 Å². The van der Waals surface area contributed by atoms with Crippen molar-refractivity contribution in [1.82, 2.24) is 9.97 Å². The highest BCUT2D eigenvalue weighted by atomic mass is 32.2. The van der Waals surface area contributed by atoms with Crippen LogP contribution in [0.4, 0.5) is 19.0 Å². The van der Waals surface area contributed by atoms with Crippen LogP contribution in [0, 0.1) is 17.5 Å². The normalized spacial score (nSPS) is 15.4. The maximum absolute atomic E-state index is 15.2. The van der Waals surface area contributed by atoms with E-state index in [1.807, 2.05) is 6.07 Å². The molecule has 1 aliphatic rings. The molecule has 0 atom stereocenters. The number of thioether (sulfide) groups is 1. The lowest BCUT2D eigenvalue weighted by Crippen LogP contribution is -2.10. The molecule has 1 heterocycles. The number of halogens is 3. The van der Waals surface area contributed by atoms with Gasteiger partial charge in [-0.1, -0.05) is 49.6 Å². The molecule has 1 saturated carbocycles. The van der Waals surface area contributed by atoms with Crippen LogP contribution in [-0.2, 0) is 0 Å². The van der Waals surface area contributed by atoms with Crippen molar-refractivity contribution < 1.29 is 13.2 Å². The van der Waals surface area contributed by atoms with E-state index in [2.05, 4.69) is 9.97 Å². The number of nitrogen functional groups attached to an aromatic ring is 1. The Morgan fingerprint density at radius 3 is 2.30 bits per heavy atom. The van der Waals surface area contributed by atoms with Crippen LogP contribution in [0.1, 0.15) is 32.1 Å². The molecule has 2 aromatic carbocycles. The van der Waals surface area contributed by atoms with E-state index in [-0.39, 0.29) is 27.3 Å². The summed E-state index contributed by atoms with van der Waals surface area (Å²) >= 11 is 1.06. The number of hydrogen-bond acceptors (Lipinski definition) is 4. The third-order valence-corrected chi connectivity index (χ3v) is 6.22. The predicted molar refractivity (Wildman–Crippen MR) is 102 cm³/mol. The number of anilines is 1. The molecule has 2 N–H and O–H groups in total. The Hall–Kier alpha value is -2.28. The first-order valence-electron chi connectivity index (χ1n) is 8.92. The number of rotatable bonds is 3. The Kier molecular flexibility index (Phi) is 4.95. The summed E-state index contributed by atoms with van der Waals surface area (Å²) in [7, 11) is 0. The van der Waals surface area contributed by atoms with Gasteiger partial charge in [-0.3, -0.25) is 0 Å². The fraction of sp³-hybridized carbons (Fsp3) is 0.300. The summed E-state index contributed by atoms with van der Waals surface area (Å²) in [4.78, 5) is 7.91. The first-order chi connectivity index (χ1) is 13.1. The Bertz CT molecular complexity index is 989. The number of aromatic nitrogens is 2. The highest BCUT2D eigenvalue weighted by Gasteiger charge is 2.27. The van der Waals surface area contributed by atoms with Crippen molar-refractivity contribution in [2.45, 2.75) is 42.2 Å². The van der Waals surface area contributed by atoms with Crippen LogP contribution in [0.25, 0.3) is 22.3 Å². The number of fused-ring (bicyclic) bond motifs is 1. The standard InChI is InChI=1S/C20H18F3N3S/c21-14-13-17(25-20(26-19(13)24)11-7-3-1-4-8-11)16(23)18(15(14)22)27-12-9-5-2-6-10-12/h1,3-4,7-8,12H,2,5-6,9-10H2,(H2,24,25,26). The molecule has 0 radical (unpaired) electrons. The Labute approximate surface area is 159 Å². The van der Waals surface area contributed by atoms with Crippen LogP contribution in [0.3, 0.4) is 0 Å². The van der Waals surface area contributed by atoms with Gasteiger partial charge in [-0.25, -0.2) is 23.1 Å². The molecule has 27 heavy (non-hydrogen) atoms. The van der Waals surface area contributed by atoms with E-state index in [1.54, 1.807) is 24.3 Å². The van der Waals surface area contributed by atoms with E-state index in [4.69, 9.17) is 5.73 Å². The summed E-state index contributed by atoms with van der Waals surface area (Å²) in [5.41, 5.74) is 6.18. The fourth-order valence-electron chi connectivity index (χ4n) is 3.44. The van der Waals surface area contributed by atoms with Crippen LogP contribution in [-0.4, -0.2) is 15.2 Å². The maximum Gasteiger partial charge on any atom is 0.176 e. The Morgan fingerprint density at radius 2 is 1.59 bits per heavy atom. The SMILES string of the molecule is Nc1nc(-c2ccccc2)nc2c(F)c(SC3CCCCC3)c(F)c(F)c12. The zero-order chi connectivity index (χ0) is 19.0. The quantitative estimate of drug-likeness (QED) is 0.582. The first-order valence-corrected chi connectivity index (χ1v) is 9.80. The zero-order valence-electron chi connectivity index (χ0n) is 14.5. The molecule has 0 aliphatic heterocycles. The summed E-state index contributed by atoms with van der Waals surface area (Å²) < 4.78 is 44.4. The van der Waals surface area contributed by atoms with Crippen LogP contribution < -0.4 is 5.73 Å². The molecular weight excluding hydrogens is 371 g/mol. The molecule has 140 valence electrons. The minimum atomic E-state index is -1.21. The van der Waals surface area contributed by atoms with Gasteiger partial charge in [-0.15, -0.1) is 11.8 Å². The number of hydrogen-bond donors (Lipinski definition) is 1. The molecule has 0 unspecified atom stereocenters. The fourth-order valence-corrected chi connectivity index (χ4v) is 4.73. The molecule has 1 aromatic heterocycles. The van der Waals surface area contributed by atoms with E-state index in [0.717, 1.165) is 43.9 Å². The summed E-state index contributed by atoms with van der Waals surface area (Å²) in [5, 5.41) is -0.329. The van der Waals surface area contributed by atoms with Gasteiger partial charge in [0.2, 0.25) is 0 Å². The van der Waals surface area contributed by atoms with Crippen molar-refractivity contribution in [3.8, 4) is 11.4 Å². The molecule has 0 bridgehead atoms. The summed E-state index contributed by atoms with van der Waals surface area (Å²) in [6.45, 7) is 0. The van der Waals surface area contributed by atoms with Gasteiger partial charge in [0, 0.05) is 10.8 Å². The molecule has 3 nitrogen and oxygen atoms in total. The highest BCUT2D eigenvalue weighted by Crippen LogP contribution is 2.40. The van der Waals surface area contributed by atoms with Crippen molar-refractivity contribution in [3.05, 3.63) is 47.8 Å². The summed E-state index contributed by atoms with van der Waals surface area (Å²) in [5.74, 6) is -3.37. The topological polar surface area (TPSA) is 51.8 Å². The molecule has 7 heteroatoms. The third-order valence-electron chi connectivity index (χ3n) is 4.82. The Balaban J connectivity index is 1.87. The zero-order valence-corrected chi connectivity index (χ0v) is 15.3. The van der Waals surface area contributed by atoms with Crippen LogP contribution in [0.15, 0.2) is 35.2 Å². The van der Waals surface area contributed by atoms with Crippen molar-refractivity contribution >= 4 is 28.5 Å². The van der Waals surface area contributed by atoms with E-state index < -0.39 is 22.8 Å². The van der Waals surface area contributed by atoms with Gasteiger partial charge in [0.1, 0.15) is 11.3 Å². The van der Waals surface area contributed by atoms with E-state index in [9.17, 15) is 8.78 Å². The molecule has 0 amide bonds. The molecule has 3 aromatic rings. The number of nitrogens with zero attached hydrogens (tertiary/aromatic N) is 2. The first kappa shape index (κ1) is 18.1. The van der Waals surface area contributed by atoms with Gasteiger partial charge in [0.15, 0.2) is 23.3 Å². The molecule has 4 rings (SSSR count). The third kappa shape index (κ3) is 3.36. The number of nitrogens with two attached hydrogens (primary N) is 1. The van der Waals surface area contributed by atoms with Gasteiger partial charge in [0.25, 0.3) is 0 Å². The molecule has 0 saturated heterocycles. The van der Waals surface area contributed by atoms with E-state index in [1.165, 1.54) is 0 Å². The van der Waals surface area contributed by atoms with E-state index >= 15 is 4.39 Å². The monoisotopic (exact) mass is 389 g/mol. The van der Waals surface area contributed by atoms with Gasteiger partial charge in [-0.2, -0.15) is 0 Å². The highest BCUT2D eigenvalue weighted by molar-refractivity contribution is 8.00. The average Bonchev–Trinajstić information content (AvgIpc) is 2.70. The minimum Gasteiger partial charge on any atom is -0.383 e. The van der Waals surface area contributed by atoms with Crippen LogP contribution >= 0.6 is 11.8 Å². The second-order valence-electron chi connectivity index (χ2n) is 6.67. The lowest BCUT2D eigenvalue weighted by Gasteiger charge is -2.22. The minimum absolute atomic E-state index is 0.0763. The van der Waals surface area contributed by atoms with Crippen LogP contribution in [0.2, 0.25) is 0 Å². The molecular formula is C20H18F3N3S.